The molecule has 4 rings (SSSR count). The molecule has 30 heavy (non-hydrogen) atoms. The molecule has 0 aliphatic heterocycles. The van der Waals surface area contributed by atoms with Gasteiger partial charge in [0.25, 0.3) is 0 Å². The minimum absolute atomic E-state index is 0.0212. The summed E-state index contributed by atoms with van der Waals surface area (Å²) in [5, 5.41) is 19.4. The molecule has 0 fully saturated rings. The summed E-state index contributed by atoms with van der Waals surface area (Å²) in [5.74, 6) is 0.453. The van der Waals surface area contributed by atoms with Gasteiger partial charge in [0, 0.05) is 33.9 Å². The Bertz CT molecular complexity index is 1290. The van der Waals surface area contributed by atoms with Gasteiger partial charge >= 0.3 is 0 Å². The molecule has 1 atom stereocenters. The number of benzene rings is 2. The Labute approximate surface area is 181 Å². The van der Waals surface area contributed by atoms with Gasteiger partial charge in [-0.05, 0) is 35.4 Å². The lowest BCUT2D eigenvalue weighted by Gasteiger charge is -2.23. The first-order valence-corrected chi connectivity index (χ1v) is 9.62. The van der Waals surface area contributed by atoms with Crippen LogP contribution in [0.15, 0.2) is 72.1 Å². The van der Waals surface area contributed by atoms with Gasteiger partial charge in [-0.1, -0.05) is 58.6 Å². The number of azide groups is 1. The van der Waals surface area contributed by atoms with Gasteiger partial charge < -0.3 is 10.4 Å². The molecule has 0 aliphatic carbocycles. The molecular weight excluding hydrogens is 423 g/mol. The van der Waals surface area contributed by atoms with Crippen LogP contribution in [0.1, 0.15) is 17.2 Å². The van der Waals surface area contributed by atoms with Crippen LogP contribution in [0.2, 0.25) is 10.0 Å². The van der Waals surface area contributed by atoms with Crippen molar-refractivity contribution in [3.05, 3.63) is 98.6 Å². The zero-order valence-corrected chi connectivity index (χ0v) is 16.9. The molecule has 2 aromatic heterocycles. The van der Waals surface area contributed by atoms with Gasteiger partial charge in [-0.3, -0.25) is 4.98 Å². The van der Waals surface area contributed by atoms with Crippen molar-refractivity contribution in [2.75, 3.05) is 5.32 Å². The minimum Gasteiger partial charge on any atom is -0.505 e. The van der Waals surface area contributed by atoms with Crippen LogP contribution in [0.5, 0.6) is 5.75 Å². The third-order valence-corrected chi connectivity index (χ3v) is 5.41. The van der Waals surface area contributed by atoms with Gasteiger partial charge in [-0.25, -0.2) is 4.98 Å². The van der Waals surface area contributed by atoms with E-state index in [4.69, 9.17) is 28.7 Å². The highest BCUT2D eigenvalue weighted by Gasteiger charge is 2.23. The third-order valence-electron chi connectivity index (χ3n) is 4.58. The van der Waals surface area contributed by atoms with Crippen molar-refractivity contribution in [3.8, 4) is 5.75 Å². The zero-order valence-electron chi connectivity index (χ0n) is 15.4. The van der Waals surface area contributed by atoms with E-state index in [1.54, 1.807) is 42.6 Å². The highest BCUT2D eigenvalue weighted by molar-refractivity contribution is 6.42. The van der Waals surface area contributed by atoms with Gasteiger partial charge in [-0.15, -0.1) is 0 Å². The molecular formula is C21H14Cl2N6O. The molecule has 0 radical (unpaired) electrons. The van der Waals surface area contributed by atoms with Gasteiger partial charge in [0.1, 0.15) is 17.1 Å². The molecule has 1 unspecified atom stereocenters. The Morgan fingerprint density at radius 2 is 1.87 bits per heavy atom. The summed E-state index contributed by atoms with van der Waals surface area (Å²) in [4.78, 5) is 11.4. The van der Waals surface area contributed by atoms with E-state index in [2.05, 4.69) is 25.3 Å². The van der Waals surface area contributed by atoms with Crippen molar-refractivity contribution in [2.24, 2.45) is 5.11 Å². The second kappa shape index (κ2) is 8.47. The summed E-state index contributed by atoms with van der Waals surface area (Å²) >= 11 is 12.7. The lowest BCUT2D eigenvalue weighted by atomic mass is 9.96. The van der Waals surface area contributed by atoms with Crippen LogP contribution in [0.4, 0.5) is 11.5 Å². The SMILES string of the molecule is [N-]=[N+]=Nc1ccnc(NC(c2cccc(Cl)c2Cl)c2ccc3cccnc3c2O)c1. The van der Waals surface area contributed by atoms with Crippen LogP contribution in [0, 0.1) is 0 Å². The second-order valence-electron chi connectivity index (χ2n) is 6.39. The second-order valence-corrected chi connectivity index (χ2v) is 7.17. The van der Waals surface area contributed by atoms with Crippen LogP contribution in [-0.2, 0) is 0 Å². The first-order chi connectivity index (χ1) is 14.6. The van der Waals surface area contributed by atoms with E-state index in [0.29, 0.717) is 38.2 Å². The summed E-state index contributed by atoms with van der Waals surface area (Å²) in [6.07, 6.45) is 3.14. The molecule has 0 aliphatic rings. The standard InChI is InChI=1S/C21H14Cl2N6O/c22-16-5-1-4-14(18(16)23)20(27-17-11-13(28-29-24)8-10-25-17)15-7-6-12-3-2-9-26-19(12)21(15)30/h1-11,20,30H,(H,25,27). The van der Waals surface area contributed by atoms with Crippen LogP contribution in [-0.4, -0.2) is 15.1 Å². The average Bonchev–Trinajstić information content (AvgIpc) is 2.76. The maximum Gasteiger partial charge on any atom is 0.147 e. The Morgan fingerprint density at radius 1 is 1.00 bits per heavy atom. The molecule has 2 N–H and O–H groups in total. The fraction of sp³-hybridized carbons (Fsp3) is 0.0476. The van der Waals surface area contributed by atoms with Crippen LogP contribution in [0.25, 0.3) is 21.3 Å². The minimum atomic E-state index is -0.601. The number of aromatic nitrogens is 2. The topological polar surface area (TPSA) is 107 Å². The number of phenols is 1. The summed E-state index contributed by atoms with van der Waals surface area (Å²) in [5.41, 5.74) is 10.8. The largest absolute Gasteiger partial charge is 0.505 e. The highest BCUT2D eigenvalue weighted by atomic mass is 35.5. The Balaban J connectivity index is 1.88. The Hall–Kier alpha value is -3.51. The first kappa shape index (κ1) is 19.8. The number of hydrogen-bond donors (Lipinski definition) is 2. The quantitative estimate of drug-likeness (QED) is 0.204. The van der Waals surface area contributed by atoms with Crippen LogP contribution < -0.4 is 5.32 Å². The van der Waals surface area contributed by atoms with Gasteiger partial charge in [0.05, 0.1) is 16.1 Å². The van der Waals surface area contributed by atoms with Gasteiger partial charge in [0.2, 0.25) is 0 Å². The molecule has 0 amide bonds. The summed E-state index contributed by atoms with van der Waals surface area (Å²) in [7, 11) is 0. The smallest absolute Gasteiger partial charge is 0.147 e. The fourth-order valence-corrected chi connectivity index (χ4v) is 3.62. The van der Waals surface area contributed by atoms with Crippen molar-refractivity contribution >= 4 is 45.6 Å². The van der Waals surface area contributed by atoms with E-state index in [1.165, 1.54) is 6.20 Å². The van der Waals surface area contributed by atoms with E-state index >= 15 is 0 Å². The number of anilines is 1. The number of pyridine rings is 2. The Kier molecular flexibility index (Phi) is 5.59. The number of nitrogens with one attached hydrogen (secondary N) is 1. The fourth-order valence-electron chi connectivity index (χ4n) is 3.20. The number of hydrogen-bond acceptors (Lipinski definition) is 5. The summed E-state index contributed by atoms with van der Waals surface area (Å²) < 4.78 is 0. The third kappa shape index (κ3) is 3.82. The predicted molar refractivity (Wildman–Crippen MR) is 118 cm³/mol. The van der Waals surface area contributed by atoms with Crippen molar-refractivity contribution in [3.63, 3.8) is 0 Å². The van der Waals surface area contributed by atoms with Crippen molar-refractivity contribution < 1.29 is 5.11 Å². The zero-order chi connectivity index (χ0) is 21.1. The summed E-state index contributed by atoms with van der Waals surface area (Å²) in [6, 6.07) is 15.2. The summed E-state index contributed by atoms with van der Waals surface area (Å²) in [6.45, 7) is 0. The normalized spacial score (nSPS) is 11.7. The monoisotopic (exact) mass is 436 g/mol. The Morgan fingerprint density at radius 3 is 2.70 bits per heavy atom. The van der Waals surface area contributed by atoms with Crippen molar-refractivity contribution in [2.45, 2.75) is 6.04 Å². The number of halogens is 2. The molecule has 7 nitrogen and oxygen atoms in total. The molecule has 0 saturated heterocycles. The van der Waals surface area contributed by atoms with Gasteiger partial charge in [-0.2, -0.15) is 0 Å². The van der Waals surface area contributed by atoms with Crippen LogP contribution in [0.3, 0.4) is 0 Å². The maximum atomic E-state index is 11.0. The lowest BCUT2D eigenvalue weighted by molar-refractivity contribution is 0.471. The first-order valence-electron chi connectivity index (χ1n) is 8.86. The highest BCUT2D eigenvalue weighted by Crippen LogP contribution is 2.40. The number of phenolic OH excluding ortho intramolecular Hbond substituents is 1. The van der Waals surface area contributed by atoms with Crippen molar-refractivity contribution in [1.82, 2.24) is 9.97 Å². The molecule has 0 saturated carbocycles. The maximum absolute atomic E-state index is 11.0. The van der Waals surface area contributed by atoms with E-state index in [1.807, 2.05) is 18.2 Å². The van der Waals surface area contributed by atoms with Crippen molar-refractivity contribution in [1.29, 1.82) is 0 Å². The molecule has 0 spiro atoms. The number of aromatic hydroxyl groups is 1. The van der Waals surface area contributed by atoms with E-state index in [0.717, 1.165) is 5.39 Å². The molecule has 148 valence electrons. The van der Waals surface area contributed by atoms with E-state index in [9.17, 15) is 5.11 Å². The van der Waals surface area contributed by atoms with Crippen LogP contribution >= 0.6 is 23.2 Å². The predicted octanol–water partition coefficient (Wildman–Crippen LogP) is 6.79. The molecule has 0 bridgehead atoms. The average molecular weight is 437 g/mol. The molecule has 2 heterocycles. The number of fused-ring (bicyclic) bond motifs is 1. The molecule has 4 aromatic rings. The number of rotatable bonds is 5. The number of nitrogens with zero attached hydrogens (tertiary/aromatic N) is 5. The van der Waals surface area contributed by atoms with E-state index in [-0.39, 0.29) is 5.75 Å². The lowest BCUT2D eigenvalue weighted by Crippen LogP contribution is -2.14. The van der Waals surface area contributed by atoms with Gasteiger partial charge in [0.15, 0.2) is 0 Å². The van der Waals surface area contributed by atoms with E-state index < -0.39 is 6.04 Å². The molecule has 9 heteroatoms. The molecule has 2 aromatic carbocycles.